The van der Waals surface area contributed by atoms with E-state index in [9.17, 15) is 5.26 Å². The molecule has 9 heteroatoms. The van der Waals surface area contributed by atoms with Crippen LogP contribution in [0.5, 0.6) is 17.2 Å². The highest BCUT2D eigenvalue weighted by Gasteiger charge is 2.18. The van der Waals surface area contributed by atoms with Gasteiger partial charge in [0.2, 0.25) is 0 Å². The van der Waals surface area contributed by atoms with E-state index in [4.69, 9.17) is 23.9 Å². The van der Waals surface area contributed by atoms with Crippen molar-refractivity contribution in [2.24, 2.45) is 0 Å². The van der Waals surface area contributed by atoms with Gasteiger partial charge in [0.1, 0.15) is 23.7 Å². The smallest absolute Gasteiger partial charge is 0.161 e. The van der Waals surface area contributed by atoms with E-state index in [-0.39, 0.29) is 6.10 Å². The fourth-order valence-corrected chi connectivity index (χ4v) is 5.03. The summed E-state index contributed by atoms with van der Waals surface area (Å²) in [5.41, 5.74) is 3.14. The van der Waals surface area contributed by atoms with Crippen molar-refractivity contribution in [2.75, 3.05) is 59.7 Å². The molecule has 0 bridgehead atoms. The van der Waals surface area contributed by atoms with Gasteiger partial charge >= 0.3 is 0 Å². The van der Waals surface area contributed by atoms with Crippen molar-refractivity contribution >= 4 is 0 Å². The van der Waals surface area contributed by atoms with Gasteiger partial charge in [0.05, 0.1) is 38.2 Å². The minimum Gasteiger partial charge on any atom is -0.493 e. The van der Waals surface area contributed by atoms with Crippen LogP contribution in [0, 0.1) is 11.3 Å². The molecule has 0 radical (unpaired) electrons. The van der Waals surface area contributed by atoms with Crippen LogP contribution in [-0.2, 0) is 11.2 Å². The summed E-state index contributed by atoms with van der Waals surface area (Å²) in [5, 5.41) is 13.2. The van der Waals surface area contributed by atoms with Crippen molar-refractivity contribution in [3.8, 4) is 34.6 Å². The Morgan fingerprint density at radius 3 is 2.67 bits per heavy atom. The predicted molar refractivity (Wildman–Crippen MR) is 152 cm³/mol. The van der Waals surface area contributed by atoms with Gasteiger partial charge < -0.3 is 29.2 Å². The summed E-state index contributed by atoms with van der Waals surface area (Å²) in [5.74, 6) is 2.74. The maximum Gasteiger partial charge on any atom is 0.161 e. The highest BCUT2D eigenvalue weighted by molar-refractivity contribution is 5.64. The fraction of sp³-hybridized carbons (Fsp3) is 0.452. The molecule has 40 heavy (non-hydrogen) atoms. The summed E-state index contributed by atoms with van der Waals surface area (Å²) >= 11 is 0. The van der Waals surface area contributed by atoms with Gasteiger partial charge in [0.25, 0.3) is 0 Å². The van der Waals surface area contributed by atoms with Crippen LogP contribution in [0.2, 0.25) is 0 Å². The van der Waals surface area contributed by atoms with E-state index < -0.39 is 0 Å². The Morgan fingerprint density at radius 1 is 1.05 bits per heavy atom. The van der Waals surface area contributed by atoms with Crippen molar-refractivity contribution in [3.63, 3.8) is 0 Å². The van der Waals surface area contributed by atoms with Crippen molar-refractivity contribution < 1.29 is 18.9 Å². The third-order valence-corrected chi connectivity index (χ3v) is 7.24. The molecule has 1 N–H and O–H groups in total. The van der Waals surface area contributed by atoms with Crippen LogP contribution in [0.25, 0.3) is 11.3 Å². The second kappa shape index (κ2) is 14.1. The lowest BCUT2D eigenvalue weighted by atomic mass is 10.1. The normalized spacial score (nSPS) is 16.3. The van der Waals surface area contributed by atoms with Gasteiger partial charge in [-0.2, -0.15) is 5.26 Å². The van der Waals surface area contributed by atoms with Gasteiger partial charge in [-0.3, -0.25) is 0 Å². The Morgan fingerprint density at radius 2 is 1.88 bits per heavy atom. The minimum absolute atomic E-state index is 0.0722. The second-order valence-corrected chi connectivity index (χ2v) is 10.1. The number of nitrogens with one attached hydrogen (secondary N) is 1. The van der Waals surface area contributed by atoms with Gasteiger partial charge in [-0.1, -0.05) is 6.07 Å². The van der Waals surface area contributed by atoms with Gasteiger partial charge in [-0.15, -0.1) is 0 Å². The number of nitrogens with zero attached hydrogens (tertiary/aromatic N) is 4. The van der Waals surface area contributed by atoms with E-state index in [1.165, 1.54) is 0 Å². The van der Waals surface area contributed by atoms with Crippen LogP contribution in [-0.4, -0.2) is 80.6 Å². The number of hydrogen-bond donors (Lipinski definition) is 1. The minimum atomic E-state index is 0.0722. The first-order valence-corrected chi connectivity index (χ1v) is 14.1. The maximum atomic E-state index is 9.77. The SMILES string of the molecule is COc1ccc(Cc2nccc(-c3ccc(OC4CCOCC4)c(C#N)c3)n2)cc1OCCCN1CCNCC1. The van der Waals surface area contributed by atoms with E-state index in [1.54, 1.807) is 13.3 Å². The molecule has 2 saturated heterocycles. The first-order valence-electron chi connectivity index (χ1n) is 14.1. The monoisotopic (exact) mass is 543 g/mol. The molecule has 2 aliphatic rings. The Hall–Kier alpha value is -3.71. The summed E-state index contributed by atoms with van der Waals surface area (Å²) in [6.45, 7) is 7.31. The lowest BCUT2D eigenvalue weighted by Gasteiger charge is -2.27. The van der Waals surface area contributed by atoms with Crippen molar-refractivity contribution in [1.29, 1.82) is 5.26 Å². The van der Waals surface area contributed by atoms with Crippen molar-refractivity contribution in [1.82, 2.24) is 20.2 Å². The average Bonchev–Trinajstić information content (AvgIpc) is 3.01. The van der Waals surface area contributed by atoms with Crippen LogP contribution >= 0.6 is 0 Å². The molecule has 0 amide bonds. The second-order valence-electron chi connectivity index (χ2n) is 10.1. The molecule has 2 fully saturated rings. The number of methoxy groups -OCH3 is 1. The Labute approximate surface area is 236 Å². The molecule has 2 aliphatic heterocycles. The van der Waals surface area contributed by atoms with Gasteiger partial charge in [-0.05, 0) is 48.4 Å². The first-order chi connectivity index (χ1) is 19.7. The average molecular weight is 544 g/mol. The molecule has 9 nitrogen and oxygen atoms in total. The van der Waals surface area contributed by atoms with Gasteiger partial charge in [0, 0.05) is 63.7 Å². The highest BCUT2D eigenvalue weighted by Crippen LogP contribution is 2.30. The molecule has 5 rings (SSSR count). The molecular formula is C31H37N5O4. The quantitative estimate of drug-likeness (QED) is 0.361. The summed E-state index contributed by atoms with van der Waals surface area (Å²) < 4.78 is 23.2. The first kappa shape index (κ1) is 27.8. The topological polar surface area (TPSA) is 102 Å². The number of ether oxygens (including phenoxy) is 4. The Kier molecular flexibility index (Phi) is 9.80. The third-order valence-electron chi connectivity index (χ3n) is 7.24. The zero-order valence-corrected chi connectivity index (χ0v) is 23.1. The van der Waals surface area contributed by atoms with E-state index >= 15 is 0 Å². The number of rotatable bonds is 11. The van der Waals surface area contributed by atoms with E-state index in [0.29, 0.717) is 49.1 Å². The zero-order chi connectivity index (χ0) is 27.6. The molecule has 1 aromatic heterocycles. The molecule has 0 spiro atoms. The van der Waals surface area contributed by atoms with Gasteiger partial charge in [0.15, 0.2) is 11.5 Å². The number of piperazine rings is 1. The Balaban J connectivity index is 1.23. The Bertz CT molecular complexity index is 1300. The molecule has 0 saturated carbocycles. The summed E-state index contributed by atoms with van der Waals surface area (Å²) in [7, 11) is 1.66. The predicted octanol–water partition coefficient (Wildman–Crippen LogP) is 3.85. The molecule has 0 aliphatic carbocycles. The van der Waals surface area contributed by atoms with Crippen molar-refractivity contribution in [2.45, 2.75) is 31.8 Å². The third kappa shape index (κ3) is 7.48. The summed E-state index contributed by atoms with van der Waals surface area (Å²) in [4.78, 5) is 11.8. The summed E-state index contributed by atoms with van der Waals surface area (Å²) in [6, 6.07) is 15.7. The van der Waals surface area contributed by atoms with Crippen LogP contribution < -0.4 is 19.5 Å². The number of aromatic nitrogens is 2. The largest absolute Gasteiger partial charge is 0.493 e. The van der Waals surface area contributed by atoms with E-state index in [2.05, 4.69) is 21.3 Å². The molecule has 210 valence electrons. The van der Waals surface area contributed by atoms with Crippen LogP contribution in [0.3, 0.4) is 0 Å². The van der Waals surface area contributed by atoms with Crippen LogP contribution in [0.15, 0.2) is 48.7 Å². The lowest BCUT2D eigenvalue weighted by molar-refractivity contribution is 0.0254. The molecule has 0 unspecified atom stereocenters. The molecule has 3 aromatic rings. The van der Waals surface area contributed by atoms with E-state index in [1.807, 2.05) is 42.5 Å². The molecule has 0 atom stereocenters. The zero-order valence-electron chi connectivity index (χ0n) is 23.1. The van der Waals surface area contributed by atoms with E-state index in [0.717, 1.165) is 74.6 Å². The number of nitriles is 1. The summed E-state index contributed by atoms with van der Waals surface area (Å²) in [6.07, 6.45) is 5.00. The lowest BCUT2D eigenvalue weighted by Crippen LogP contribution is -2.43. The number of benzene rings is 2. The van der Waals surface area contributed by atoms with Crippen molar-refractivity contribution in [3.05, 3.63) is 65.6 Å². The van der Waals surface area contributed by atoms with Gasteiger partial charge in [-0.25, -0.2) is 9.97 Å². The maximum absolute atomic E-state index is 9.77. The van der Waals surface area contributed by atoms with Crippen LogP contribution in [0.1, 0.15) is 36.2 Å². The fourth-order valence-electron chi connectivity index (χ4n) is 5.03. The molecular weight excluding hydrogens is 506 g/mol. The molecule has 2 aromatic carbocycles. The highest BCUT2D eigenvalue weighted by atomic mass is 16.5. The van der Waals surface area contributed by atoms with Crippen LogP contribution in [0.4, 0.5) is 0 Å². The number of hydrogen-bond acceptors (Lipinski definition) is 9. The standard InChI is InChI=1S/C31H37N5O4/c1-37-29-5-3-23(19-30(29)39-16-2-13-36-14-11-33-12-15-36)20-31-34-10-7-27(35-31)24-4-6-28(25(21-24)22-32)40-26-8-17-38-18-9-26/h3-7,10,19,21,26,33H,2,8-9,11-18,20H2,1H3. The molecule has 3 heterocycles.